The number of hydrogen-bond acceptors (Lipinski definition) is 10. The van der Waals surface area contributed by atoms with Crippen molar-refractivity contribution in [3.63, 3.8) is 0 Å². The van der Waals surface area contributed by atoms with Gasteiger partial charge in [0.25, 0.3) is 17.5 Å². The minimum Gasteiger partial charge on any atom is -0.490 e. The molecule has 39 heavy (non-hydrogen) atoms. The first-order valence-electron chi connectivity index (χ1n) is 11.2. The largest absolute Gasteiger partial charge is 0.490 e. The SMILES string of the molecule is CCOc1cc(/C=C2/SC(=S)N(NC(=O)c3ccccc3)C2=O)ccc1Oc1ccc([N+](=O)[O-])cc1[N+](=O)[O-]. The molecule has 1 N–H and O–H groups in total. The Morgan fingerprint density at radius 3 is 2.41 bits per heavy atom. The van der Waals surface area contributed by atoms with Gasteiger partial charge in [-0.15, -0.1) is 0 Å². The Bertz CT molecular complexity index is 1530. The number of nitrogens with zero attached hydrogens (tertiary/aromatic N) is 3. The molecule has 1 aliphatic rings. The lowest BCUT2D eigenvalue weighted by Crippen LogP contribution is -2.44. The number of ether oxygens (including phenoxy) is 2. The van der Waals surface area contributed by atoms with Crippen LogP contribution in [0.4, 0.5) is 11.4 Å². The number of nitrogens with one attached hydrogen (secondary N) is 1. The molecule has 2 amide bonds. The fourth-order valence-corrected chi connectivity index (χ4v) is 4.58. The van der Waals surface area contributed by atoms with Crippen LogP contribution < -0.4 is 14.9 Å². The third-order valence-corrected chi connectivity index (χ3v) is 6.48. The highest BCUT2D eigenvalue weighted by atomic mass is 32.2. The van der Waals surface area contributed by atoms with Crippen LogP contribution in [0.25, 0.3) is 6.08 Å². The van der Waals surface area contributed by atoms with E-state index in [1.807, 2.05) is 0 Å². The van der Waals surface area contributed by atoms with Crippen molar-refractivity contribution in [2.24, 2.45) is 0 Å². The van der Waals surface area contributed by atoms with E-state index in [0.717, 1.165) is 35.0 Å². The summed E-state index contributed by atoms with van der Waals surface area (Å²) >= 11 is 6.27. The molecule has 0 atom stereocenters. The van der Waals surface area contributed by atoms with Crippen LogP contribution in [-0.2, 0) is 4.79 Å². The zero-order valence-electron chi connectivity index (χ0n) is 20.1. The van der Waals surface area contributed by atoms with Crippen LogP contribution in [0.2, 0.25) is 0 Å². The third-order valence-electron chi connectivity index (χ3n) is 5.18. The molecule has 0 spiro atoms. The van der Waals surface area contributed by atoms with Crippen LogP contribution in [0.5, 0.6) is 17.2 Å². The summed E-state index contributed by atoms with van der Waals surface area (Å²) in [5, 5.41) is 23.5. The molecular formula is C25H18N4O8S2. The lowest BCUT2D eigenvalue weighted by atomic mass is 10.1. The summed E-state index contributed by atoms with van der Waals surface area (Å²) < 4.78 is 11.5. The van der Waals surface area contributed by atoms with Crippen molar-refractivity contribution in [3.05, 3.63) is 103 Å². The van der Waals surface area contributed by atoms with Crippen molar-refractivity contribution >= 4 is 57.6 Å². The molecule has 4 rings (SSSR count). The van der Waals surface area contributed by atoms with E-state index in [0.29, 0.717) is 11.1 Å². The first kappa shape index (κ1) is 27.2. The van der Waals surface area contributed by atoms with Crippen LogP contribution in [0.3, 0.4) is 0 Å². The van der Waals surface area contributed by atoms with E-state index < -0.39 is 33.0 Å². The minimum atomic E-state index is -0.782. The van der Waals surface area contributed by atoms with Gasteiger partial charge in [0.05, 0.1) is 27.4 Å². The minimum absolute atomic E-state index is 0.119. The predicted molar refractivity (Wildman–Crippen MR) is 146 cm³/mol. The van der Waals surface area contributed by atoms with Crippen LogP contribution in [0.1, 0.15) is 22.8 Å². The van der Waals surface area contributed by atoms with Crippen molar-refractivity contribution in [2.45, 2.75) is 6.92 Å². The second-order valence-electron chi connectivity index (χ2n) is 7.73. The van der Waals surface area contributed by atoms with Gasteiger partial charge in [0.1, 0.15) is 0 Å². The van der Waals surface area contributed by atoms with Gasteiger partial charge in [-0.2, -0.15) is 5.01 Å². The predicted octanol–water partition coefficient (Wildman–Crippen LogP) is 5.24. The third kappa shape index (κ3) is 6.19. The van der Waals surface area contributed by atoms with Gasteiger partial charge in [-0.05, 0) is 61.1 Å². The molecule has 1 saturated heterocycles. The Morgan fingerprint density at radius 2 is 1.74 bits per heavy atom. The van der Waals surface area contributed by atoms with Gasteiger partial charge in [0, 0.05) is 11.6 Å². The molecule has 0 radical (unpaired) electrons. The number of thioether (sulfide) groups is 1. The molecule has 0 aliphatic carbocycles. The number of non-ortho nitro benzene ring substituents is 1. The molecule has 198 valence electrons. The number of nitro benzene ring substituents is 2. The fourth-order valence-electron chi connectivity index (χ4n) is 3.40. The molecular weight excluding hydrogens is 548 g/mol. The molecule has 14 heteroatoms. The quantitative estimate of drug-likeness (QED) is 0.157. The molecule has 1 fully saturated rings. The number of hydrazine groups is 1. The second-order valence-corrected chi connectivity index (χ2v) is 9.41. The Kier molecular flexibility index (Phi) is 8.17. The molecule has 1 aliphatic heterocycles. The Balaban J connectivity index is 1.58. The number of thiocarbonyl (C=S) groups is 1. The normalized spacial score (nSPS) is 13.9. The van der Waals surface area contributed by atoms with Crippen molar-refractivity contribution in [3.8, 4) is 17.2 Å². The van der Waals surface area contributed by atoms with E-state index in [2.05, 4.69) is 5.43 Å². The Labute approximate surface area is 230 Å². The molecule has 0 bridgehead atoms. The average molecular weight is 567 g/mol. The van der Waals surface area contributed by atoms with E-state index >= 15 is 0 Å². The van der Waals surface area contributed by atoms with Gasteiger partial charge in [-0.25, -0.2) is 0 Å². The average Bonchev–Trinajstić information content (AvgIpc) is 3.17. The number of benzene rings is 3. The highest BCUT2D eigenvalue weighted by Crippen LogP contribution is 2.39. The topological polar surface area (TPSA) is 154 Å². The Morgan fingerprint density at radius 1 is 1.03 bits per heavy atom. The number of hydrogen-bond donors (Lipinski definition) is 1. The summed E-state index contributed by atoms with van der Waals surface area (Å²) in [5.74, 6) is -0.891. The maximum Gasteiger partial charge on any atom is 0.318 e. The standard InChI is InChI=1S/C25H18N4O8S2/c1-2-36-21-12-15(8-10-20(21)37-19-11-9-17(28(32)33)14-18(19)29(34)35)13-22-24(31)27(25(38)39-22)26-23(30)16-6-4-3-5-7-16/h3-14H,2H2,1H3,(H,26,30)/b22-13+. The Hall–Kier alpha value is -4.82. The number of carbonyl (C=O) groups excluding carboxylic acids is 2. The molecule has 12 nitrogen and oxygen atoms in total. The number of carbonyl (C=O) groups is 2. The van der Waals surface area contributed by atoms with Gasteiger partial charge in [-0.1, -0.05) is 36.0 Å². The molecule has 0 saturated carbocycles. The maximum atomic E-state index is 12.9. The van der Waals surface area contributed by atoms with Crippen molar-refractivity contribution in [1.29, 1.82) is 0 Å². The van der Waals surface area contributed by atoms with Crippen molar-refractivity contribution in [2.75, 3.05) is 6.61 Å². The van der Waals surface area contributed by atoms with Crippen LogP contribution in [0, 0.1) is 20.2 Å². The summed E-state index contributed by atoms with van der Waals surface area (Å²) in [6.45, 7) is 1.96. The molecule has 3 aromatic rings. The van der Waals surface area contributed by atoms with E-state index in [9.17, 15) is 29.8 Å². The smallest absolute Gasteiger partial charge is 0.318 e. The first-order valence-corrected chi connectivity index (χ1v) is 12.4. The number of amides is 2. The molecule has 0 aromatic heterocycles. The van der Waals surface area contributed by atoms with Crippen LogP contribution in [-0.4, -0.2) is 37.6 Å². The summed E-state index contributed by atoms with van der Waals surface area (Å²) in [6.07, 6.45) is 1.55. The lowest BCUT2D eigenvalue weighted by molar-refractivity contribution is -0.394. The summed E-state index contributed by atoms with van der Waals surface area (Å²) in [4.78, 5) is 46.6. The highest BCUT2D eigenvalue weighted by molar-refractivity contribution is 8.26. The van der Waals surface area contributed by atoms with Crippen molar-refractivity contribution in [1.82, 2.24) is 10.4 Å². The van der Waals surface area contributed by atoms with Gasteiger partial charge >= 0.3 is 5.69 Å². The molecule has 0 unspecified atom stereocenters. The van der Waals surface area contributed by atoms with Gasteiger partial charge in [-0.3, -0.25) is 35.2 Å². The highest BCUT2D eigenvalue weighted by Gasteiger charge is 2.34. The maximum absolute atomic E-state index is 12.9. The van der Waals surface area contributed by atoms with Gasteiger partial charge in [0.2, 0.25) is 5.75 Å². The number of rotatable bonds is 9. The van der Waals surface area contributed by atoms with E-state index in [1.165, 1.54) is 6.07 Å². The number of nitro groups is 2. The second kappa shape index (κ2) is 11.7. The zero-order chi connectivity index (χ0) is 28.1. The summed E-state index contributed by atoms with van der Waals surface area (Å²) in [5.41, 5.74) is 2.35. The van der Waals surface area contributed by atoms with E-state index in [1.54, 1.807) is 55.5 Å². The summed E-state index contributed by atoms with van der Waals surface area (Å²) in [7, 11) is 0. The molecule has 3 aromatic carbocycles. The van der Waals surface area contributed by atoms with Crippen LogP contribution in [0.15, 0.2) is 71.6 Å². The molecule has 1 heterocycles. The van der Waals surface area contributed by atoms with Crippen molar-refractivity contribution < 1.29 is 28.9 Å². The van der Waals surface area contributed by atoms with E-state index in [4.69, 9.17) is 21.7 Å². The fraction of sp³-hybridized carbons (Fsp3) is 0.0800. The van der Waals surface area contributed by atoms with Gasteiger partial charge < -0.3 is 9.47 Å². The summed E-state index contributed by atoms with van der Waals surface area (Å²) in [6, 6.07) is 16.0. The van der Waals surface area contributed by atoms with Gasteiger partial charge in [0.15, 0.2) is 15.8 Å². The monoisotopic (exact) mass is 566 g/mol. The zero-order valence-corrected chi connectivity index (χ0v) is 21.7. The lowest BCUT2D eigenvalue weighted by Gasteiger charge is -2.15. The van der Waals surface area contributed by atoms with E-state index in [-0.39, 0.29) is 33.1 Å². The first-order chi connectivity index (χ1) is 18.7. The van der Waals surface area contributed by atoms with Crippen LogP contribution >= 0.6 is 24.0 Å².